The molecule has 3 rings (SSSR count). The SMILES string of the molecule is CCNC(=NCc1c(CC)noc1CC)NCCN1CCc2cc(OC)c(OC)cc2C1.I. The number of hydrogen-bond acceptors (Lipinski definition) is 6. The van der Waals surface area contributed by atoms with Crippen molar-refractivity contribution in [1.29, 1.82) is 0 Å². The van der Waals surface area contributed by atoms with Crippen LogP contribution in [0.15, 0.2) is 21.6 Å². The Morgan fingerprint density at radius 3 is 2.45 bits per heavy atom. The molecule has 0 unspecified atom stereocenters. The predicted molar refractivity (Wildman–Crippen MR) is 142 cm³/mol. The average molecular weight is 572 g/mol. The van der Waals surface area contributed by atoms with Gasteiger partial charge in [0.05, 0.1) is 26.5 Å². The Bertz CT molecular complexity index is 894. The zero-order chi connectivity index (χ0) is 22.9. The molecule has 8 nitrogen and oxygen atoms in total. The molecule has 0 spiro atoms. The number of guanidine groups is 1. The molecule has 2 N–H and O–H groups in total. The van der Waals surface area contributed by atoms with Crippen LogP contribution in [0.3, 0.4) is 0 Å². The van der Waals surface area contributed by atoms with Crippen molar-refractivity contribution in [3.8, 4) is 11.5 Å². The van der Waals surface area contributed by atoms with E-state index in [2.05, 4.69) is 53.6 Å². The van der Waals surface area contributed by atoms with Crippen LogP contribution in [-0.4, -0.2) is 56.4 Å². The summed E-state index contributed by atoms with van der Waals surface area (Å²) in [5.74, 6) is 3.35. The Morgan fingerprint density at radius 1 is 1.09 bits per heavy atom. The van der Waals surface area contributed by atoms with Gasteiger partial charge in [-0.2, -0.15) is 0 Å². The topological polar surface area (TPSA) is 84.2 Å². The van der Waals surface area contributed by atoms with Crippen molar-refractivity contribution >= 4 is 29.9 Å². The molecule has 0 bridgehead atoms. The number of methoxy groups -OCH3 is 2. The van der Waals surface area contributed by atoms with E-state index in [1.165, 1.54) is 11.1 Å². The normalized spacial score (nSPS) is 13.8. The lowest BCUT2D eigenvalue weighted by Gasteiger charge is -2.29. The van der Waals surface area contributed by atoms with Crippen LogP contribution in [0.5, 0.6) is 11.5 Å². The number of ether oxygens (including phenoxy) is 2. The van der Waals surface area contributed by atoms with E-state index in [0.717, 1.165) is 86.5 Å². The second-order valence-electron chi connectivity index (χ2n) is 7.86. The van der Waals surface area contributed by atoms with E-state index in [0.29, 0.717) is 6.54 Å². The van der Waals surface area contributed by atoms with Gasteiger partial charge in [0.2, 0.25) is 0 Å². The van der Waals surface area contributed by atoms with E-state index >= 15 is 0 Å². The predicted octanol–water partition coefficient (Wildman–Crippen LogP) is 3.55. The van der Waals surface area contributed by atoms with E-state index in [9.17, 15) is 0 Å². The summed E-state index contributed by atoms with van der Waals surface area (Å²) in [6.45, 7) is 11.3. The van der Waals surface area contributed by atoms with Crippen LogP contribution in [-0.2, 0) is 32.4 Å². The van der Waals surface area contributed by atoms with E-state index in [1.54, 1.807) is 14.2 Å². The van der Waals surface area contributed by atoms with Crippen LogP contribution < -0.4 is 20.1 Å². The highest BCUT2D eigenvalue weighted by atomic mass is 127. The summed E-state index contributed by atoms with van der Waals surface area (Å²) >= 11 is 0. The Morgan fingerprint density at radius 2 is 1.82 bits per heavy atom. The molecular formula is C24H38IN5O3. The van der Waals surface area contributed by atoms with Gasteiger partial charge in [-0.1, -0.05) is 19.0 Å². The van der Waals surface area contributed by atoms with Crippen molar-refractivity contribution in [2.75, 3.05) is 40.4 Å². The number of hydrogen-bond donors (Lipinski definition) is 2. The fraction of sp³-hybridized carbons (Fsp3) is 0.583. The van der Waals surface area contributed by atoms with E-state index in [1.807, 2.05) is 0 Å². The summed E-state index contributed by atoms with van der Waals surface area (Å²) in [7, 11) is 3.37. The summed E-state index contributed by atoms with van der Waals surface area (Å²) in [6, 6.07) is 4.22. The molecule has 9 heteroatoms. The Labute approximate surface area is 214 Å². The molecular weight excluding hydrogens is 533 g/mol. The van der Waals surface area contributed by atoms with Crippen LogP contribution in [0, 0.1) is 0 Å². The summed E-state index contributed by atoms with van der Waals surface area (Å²) in [4.78, 5) is 7.23. The maximum Gasteiger partial charge on any atom is 0.191 e. The van der Waals surface area contributed by atoms with Crippen LogP contribution in [0.2, 0.25) is 0 Å². The number of rotatable bonds is 10. The smallest absolute Gasteiger partial charge is 0.191 e. The number of aryl methyl sites for hydroxylation is 2. The van der Waals surface area contributed by atoms with Gasteiger partial charge in [0.15, 0.2) is 17.5 Å². The fourth-order valence-corrected chi connectivity index (χ4v) is 4.08. The van der Waals surface area contributed by atoms with Crippen molar-refractivity contribution in [2.24, 2.45) is 4.99 Å². The Balaban J connectivity index is 0.00000385. The molecule has 2 aromatic rings. The van der Waals surface area contributed by atoms with Crippen molar-refractivity contribution < 1.29 is 14.0 Å². The van der Waals surface area contributed by atoms with Crippen molar-refractivity contribution in [3.05, 3.63) is 40.3 Å². The van der Waals surface area contributed by atoms with Crippen LogP contribution in [0.1, 0.15) is 48.9 Å². The third kappa shape index (κ3) is 6.99. The molecule has 184 valence electrons. The zero-order valence-corrected chi connectivity index (χ0v) is 22.8. The van der Waals surface area contributed by atoms with Gasteiger partial charge in [0.1, 0.15) is 5.76 Å². The summed E-state index contributed by atoms with van der Waals surface area (Å²) < 4.78 is 16.4. The number of halogens is 1. The minimum atomic E-state index is 0. The first kappa shape index (κ1) is 27.2. The maximum absolute atomic E-state index is 5.48. The van der Waals surface area contributed by atoms with Crippen molar-refractivity contribution in [3.63, 3.8) is 0 Å². The molecule has 0 aliphatic carbocycles. The highest BCUT2D eigenvalue weighted by Gasteiger charge is 2.19. The maximum atomic E-state index is 5.48. The average Bonchev–Trinajstić information content (AvgIpc) is 3.23. The van der Waals surface area contributed by atoms with Crippen molar-refractivity contribution in [1.82, 2.24) is 20.7 Å². The minimum Gasteiger partial charge on any atom is -0.493 e. The van der Waals surface area contributed by atoms with Gasteiger partial charge in [-0.15, -0.1) is 24.0 Å². The highest BCUT2D eigenvalue weighted by molar-refractivity contribution is 14.0. The monoisotopic (exact) mass is 571 g/mol. The number of benzene rings is 1. The van der Waals surface area contributed by atoms with E-state index in [-0.39, 0.29) is 24.0 Å². The standard InChI is InChI=1S/C24H37N5O3.HI/c1-6-20-19(21(7-2)32-28-20)15-27-24(25-8-3)26-10-12-29-11-9-17-13-22(30-4)23(31-5)14-18(17)16-29;/h13-14H,6-12,15-16H2,1-5H3,(H2,25,26,27);1H. The first-order valence-corrected chi connectivity index (χ1v) is 11.6. The first-order valence-electron chi connectivity index (χ1n) is 11.6. The van der Waals surface area contributed by atoms with Gasteiger partial charge in [-0.05, 0) is 43.0 Å². The van der Waals surface area contributed by atoms with Gasteiger partial charge in [0.25, 0.3) is 0 Å². The number of aromatic nitrogens is 1. The van der Waals surface area contributed by atoms with Crippen molar-refractivity contribution in [2.45, 2.75) is 53.1 Å². The molecule has 0 fully saturated rings. The van der Waals surface area contributed by atoms with E-state index < -0.39 is 0 Å². The lowest BCUT2D eigenvalue weighted by molar-refractivity contribution is 0.256. The molecule has 0 saturated carbocycles. The molecule has 1 aliphatic rings. The zero-order valence-electron chi connectivity index (χ0n) is 20.5. The second kappa shape index (κ2) is 13.6. The molecule has 0 amide bonds. The third-order valence-corrected chi connectivity index (χ3v) is 5.86. The molecule has 1 aliphatic heterocycles. The molecule has 1 aromatic carbocycles. The van der Waals surface area contributed by atoms with E-state index in [4.69, 9.17) is 19.0 Å². The van der Waals surface area contributed by atoms with Gasteiger partial charge in [0, 0.05) is 44.7 Å². The lowest BCUT2D eigenvalue weighted by atomic mass is 9.99. The molecule has 2 heterocycles. The highest BCUT2D eigenvalue weighted by Crippen LogP contribution is 2.33. The van der Waals surface area contributed by atoms with Gasteiger partial charge in [-0.3, -0.25) is 4.90 Å². The number of aliphatic imine (C=N–C) groups is 1. The quantitative estimate of drug-likeness (QED) is 0.257. The molecule has 0 atom stereocenters. The number of nitrogens with one attached hydrogen (secondary N) is 2. The molecule has 33 heavy (non-hydrogen) atoms. The van der Waals surface area contributed by atoms with Crippen LogP contribution >= 0.6 is 24.0 Å². The minimum absolute atomic E-state index is 0. The Kier molecular flexibility index (Phi) is 11.3. The first-order chi connectivity index (χ1) is 15.6. The number of nitrogens with zero attached hydrogens (tertiary/aromatic N) is 3. The molecule has 0 saturated heterocycles. The molecule has 0 radical (unpaired) electrons. The van der Waals surface area contributed by atoms with Gasteiger partial charge in [-0.25, -0.2) is 4.99 Å². The second-order valence-corrected chi connectivity index (χ2v) is 7.86. The van der Waals surface area contributed by atoms with Gasteiger partial charge < -0.3 is 24.6 Å². The molecule has 1 aromatic heterocycles. The summed E-state index contributed by atoms with van der Waals surface area (Å²) in [5.41, 5.74) is 4.76. The van der Waals surface area contributed by atoms with Gasteiger partial charge >= 0.3 is 0 Å². The van der Waals surface area contributed by atoms with Crippen LogP contribution in [0.4, 0.5) is 0 Å². The fourth-order valence-electron chi connectivity index (χ4n) is 4.08. The summed E-state index contributed by atoms with van der Waals surface area (Å²) in [6.07, 6.45) is 2.69. The Hall–Kier alpha value is -2.01. The third-order valence-electron chi connectivity index (χ3n) is 5.86. The lowest BCUT2D eigenvalue weighted by Crippen LogP contribution is -2.42. The number of fused-ring (bicyclic) bond motifs is 1. The van der Waals surface area contributed by atoms with Crippen LogP contribution in [0.25, 0.3) is 0 Å². The summed E-state index contributed by atoms with van der Waals surface area (Å²) in [5, 5.41) is 11.0. The largest absolute Gasteiger partial charge is 0.493 e.